The summed E-state index contributed by atoms with van der Waals surface area (Å²) in [6.45, 7) is 0.458. The van der Waals surface area contributed by atoms with Crippen molar-refractivity contribution in [1.29, 1.82) is 5.26 Å². The van der Waals surface area contributed by atoms with Crippen LogP contribution >= 0.6 is 0 Å². The van der Waals surface area contributed by atoms with Gasteiger partial charge in [0.05, 0.1) is 0 Å². The van der Waals surface area contributed by atoms with E-state index in [0.717, 1.165) is 17.0 Å². The minimum Gasteiger partial charge on any atom is -0.489 e. The molecule has 0 unspecified atom stereocenters. The summed E-state index contributed by atoms with van der Waals surface area (Å²) < 4.78 is 5.76. The molecule has 0 aliphatic rings. The number of benzene rings is 1. The van der Waals surface area contributed by atoms with E-state index in [1.807, 2.05) is 48.5 Å². The number of ether oxygens (including phenoxy) is 1. The molecule has 5 heteroatoms. The van der Waals surface area contributed by atoms with E-state index in [2.05, 4.69) is 15.3 Å². The first kappa shape index (κ1) is 14.5. The summed E-state index contributed by atoms with van der Waals surface area (Å²) in [6, 6.07) is 18.7. The van der Waals surface area contributed by atoms with Gasteiger partial charge in [-0.2, -0.15) is 5.26 Å². The molecule has 0 saturated heterocycles. The zero-order chi connectivity index (χ0) is 15.9. The quantitative estimate of drug-likeness (QED) is 0.778. The summed E-state index contributed by atoms with van der Waals surface area (Å²) >= 11 is 0. The first-order chi connectivity index (χ1) is 11.3. The fourth-order valence-electron chi connectivity index (χ4n) is 2.03. The lowest BCUT2D eigenvalue weighted by Gasteiger charge is -2.09. The number of aromatic nitrogens is 2. The molecule has 0 fully saturated rings. The fourth-order valence-corrected chi connectivity index (χ4v) is 2.03. The van der Waals surface area contributed by atoms with E-state index in [0.29, 0.717) is 18.1 Å². The Morgan fingerprint density at radius 1 is 1.09 bits per heavy atom. The highest BCUT2D eigenvalue weighted by Crippen LogP contribution is 2.21. The highest BCUT2D eigenvalue weighted by atomic mass is 16.5. The molecule has 2 aromatic heterocycles. The zero-order valence-electron chi connectivity index (χ0n) is 12.3. The summed E-state index contributed by atoms with van der Waals surface area (Å²) in [7, 11) is 0. The monoisotopic (exact) mass is 302 g/mol. The van der Waals surface area contributed by atoms with Crippen LogP contribution in [0.5, 0.6) is 5.75 Å². The van der Waals surface area contributed by atoms with Gasteiger partial charge in [-0.15, -0.1) is 0 Å². The highest BCUT2D eigenvalue weighted by molar-refractivity contribution is 5.58. The topological polar surface area (TPSA) is 70.8 Å². The summed E-state index contributed by atoms with van der Waals surface area (Å²) in [5.41, 5.74) is 2.23. The van der Waals surface area contributed by atoms with Crippen LogP contribution in [0.2, 0.25) is 0 Å². The van der Waals surface area contributed by atoms with Crippen molar-refractivity contribution in [2.45, 2.75) is 6.61 Å². The van der Waals surface area contributed by atoms with Crippen LogP contribution in [0.15, 0.2) is 67.0 Å². The molecular weight excluding hydrogens is 288 g/mol. The Labute approximate surface area is 134 Å². The molecule has 0 aliphatic heterocycles. The zero-order valence-corrected chi connectivity index (χ0v) is 12.3. The van der Waals surface area contributed by atoms with E-state index >= 15 is 0 Å². The maximum absolute atomic E-state index is 8.89. The molecule has 0 atom stereocenters. The molecule has 3 aromatic rings. The van der Waals surface area contributed by atoms with Gasteiger partial charge in [-0.25, -0.2) is 4.98 Å². The summed E-state index contributed by atoms with van der Waals surface area (Å²) in [6.07, 6.45) is 3.51. The van der Waals surface area contributed by atoms with Crippen molar-refractivity contribution in [1.82, 2.24) is 9.97 Å². The smallest absolute Gasteiger partial charge is 0.142 e. The third-order valence-electron chi connectivity index (χ3n) is 3.10. The van der Waals surface area contributed by atoms with Gasteiger partial charge in [0.2, 0.25) is 0 Å². The number of rotatable bonds is 5. The number of nitrogens with one attached hydrogen (secondary N) is 1. The van der Waals surface area contributed by atoms with Gasteiger partial charge in [0.15, 0.2) is 0 Å². The number of nitrogens with zero attached hydrogens (tertiary/aromatic N) is 3. The Kier molecular flexibility index (Phi) is 4.46. The van der Waals surface area contributed by atoms with Crippen molar-refractivity contribution in [2.24, 2.45) is 0 Å². The second-order valence-electron chi connectivity index (χ2n) is 4.82. The average molecular weight is 302 g/mol. The number of hydrogen-bond donors (Lipinski definition) is 1. The second-order valence-corrected chi connectivity index (χ2v) is 4.82. The standard InChI is InChI=1S/C18H14N4O/c19-11-16-6-2-8-18(22-16)21-15-5-1-7-17(10-15)23-13-14-4-3-9-20-12-14/h1-10,12H,13H2,(H,21,22). The van der Waals surface area contributed by atoms with E-state index in [1.165, 1.54) is 0 Å². The Balaban J connectivity index is 1.68. The van der Waals surface area contributed by atoms with Crippen LogP contribution < -0.4 is 10.1 Å². The third kappa shape index (κ3) is 4.05. The second kappa shape index (κ2) is 7.05. The third-order valence-corrected chi connectivity index (χ3v) is 3.10. The maximum atomic E-state index is 8.89. The van der Waals surface area contributed by atoms with E-state index in [-0.39, 0.29) is 0 Å². The van der Waals surface area contributed by atoms with Crippen molar-refractivity contribution >= 4 is 11.5 Å². The maximum Gasteiger partial charge on any atom is 0.142 e. The number of hydrogen-bond acceptors (Lipinski definition) is 5. The van der Waals surface area contributed by atoms with Crippen LogP contribution in [0.3, 0.4) is 0 Å². The molecule has 112 valence electrons. The molecule has 0 amide bonds. The molecule has 5 nitrogen and oxygen atoms in total. The Bertz CT molecular complexity index is 828. The molecule has 1 aromatic carbocycles. The Morgan fingerprint density at radius 2 is 2.00 bits per heavy atom. The molecule has 3 rings (SSSR count). The van der Waals surface area contributed by atoms with Crippen LogP contribution in [-0.2, 0) is 6.61 Å². The van der Waals surface area contributed by atoms with Crippen LogP contribution in [-0.4, -0.2) is 9.97 Å². The van der Waals surface area contributed by atoms with Crippen molar-refractivity contribution in [3.63, 3.8) is 0 Å². The van der Waals surface area contributed by atoms with Gasteiger partial charge in [0.25, 0.3) is 0 Å². The van der Waals surface area contributed by atoms with Crippen LogP contribution in [0.4, 0.5) is 11.5 Å². The van der Waals surface area contributed by atoms with Gasteiger partial charge in [-0.05, 0) is 30.3 Å². The van der Waals surface area contributed by atoms with Gasteiger partial charge < -0.3 is 10.1 Å². The van der Waals surface area contributed by atoms with Crippen molar-refractivity contribution < 1.29 is 4.74 Å². The van der Waals surface area contributed by atoms with Crippen molar-refractivity contribution in [3.05, 3.63) is 78.2 Å². The molecule has 2 heterocycles. The van der Waals surface area contributed by atoms with E-state index < -0.39 is 0 Å². The van der Waals surface area contributed by atoms with Crippen LogP contribution in [0.25, 0.3) is 0 Å². The van der Waals surface area contributed by atoms with Crippen molar-refractivity contribution in [3.8, 4) is 11.8 Å². The molecular formula is C18H14N4O. The lowest BCUT2D eigenvalue weighted by Crippen LogP contribution is -1.98. The normalized spacial score (nSPS) is 9.87. The van der Waals surface area contributed by atoms with E-state index in [1.54, 1.807) is 24.5 Å². The first-order valence-corrected chi connectivity index (χ1v) is 7.09. The number of nitriles is 1. The molecule has 0 saturated carbocycles. The number of pyridine rings is 2. The molecule has 0 aliphatic carbocycles. The SMILES string of the molecule is N#Cc1cccc(Nc2cccc(OCc3cccnc3)c2)n1. The molecule has 23 heavy (non-hydrogen) atoms. The van der Waals surface area contributed by atoms with E-state index in [4.69, 9.17) is 10.00 Å². The lowest BCUT2D eigenvalue weighted by molar-refractivity contribution is 0.306. The fraction of sp³-hybridized carbons (Fsp3) is 0.0556. The highest BCUT2D eigenvalue weighted by Gasteiger charge is 2.01. The number of anilines is 2. The van der Waals surface area contributed by atoms with Gasteiger partial charge in [-0.3, -0.25) is 4.98 Å². The molecule has 0 spiro atoms. The largest absolute Gasteiger partial charge is 0.489 e. The van der Waals surface area contributed by atoms with Gasteiger partial charge in [0.1, 0.15) is 29.9 Å². The molecule has 1 N–H and O–H groups in total. The van der Waals surface area contributed by atoms with Crippen molar-refractivity contribution in [2.75, 3.05) is 5.32 Å². The Hall–Kier alpha value is -3.39. The molecule has 0 radical (unpaired) electrons. The lowest BCUT2D eigenvalue weighted by atomic mass is 10.3. The van der Waals surface area contributed by atoms with Gasteiger partial charge >= 0.3 is 0 Å². The first-order valence-electron chi connectivity index (χ1n) is 7.09. The van der Waals surface area contributed by atoms with E-state index in [9.17, 15) is 0 Å². The van der Waals surface area contributed by atoms with Crippen LogP contribution in [0, 0.1) is 11.3 Å². The summed E-state index contributed by atoms with van der Waals surface area (Å²) in [4.78, 5) is 8.25. The van der Waals surface area contributed by atoms with Gasteiger partial charge in [-0.1, -0.05) is 18.2 Å². The predicted molar refractivity (Wildman–Crippen MR) is 87.2 cm³/mol. The summed E-state index contributed by atoms with van der Waals surface area (Å²) in [5, 5.41) is 12.0. The van der Waals surface area contributed by atoms with Crippen LogP contribution in [0.1, 0.15) is 11.3 Å². The minimum atomic E-state index is 0.374. The molecule has 0 bridgehead atoms. The minimum absolute atomic E-state index is 0.374. The average Bonchev–Trinajstić information content (AvgIpc) is 2.61. The summed E-state index contributed by atoms with van der Waals surface area (Å²) in [5.74, 6) is 1.36. The van der Waals surface area contributed by atoms with Gasteiger partial charge in [0, 0.05) is 29.7 Å². The predicted octanol–water partition coefficient (Wildman–Crippen LogP) is 3.67. The Morgan fingerprint density at radius 3 is 2.83 bits per heavy atom.